The van der Waals surface area contributed by atoms with Crippen molar-refractivity contribution >= 4 is 11.9 Å². The van der Waals surface area contributed by atoms with Gasteiger partial charge in [0.15, 0.2) is 5.96 Å². The first kappa shape index (κ1) is 20.0. The second kappa shape index (κ2) is 9.41. The van der Waals surface area contributed by atoms with E-state index < -0.39 is 0 Å². The van der Waals surface area contributed by atoms with Crippen molar-refractivity contribution in [2.45, 2.75) is 45.4 Å². The van der Waals surface area contributed by atoms with Crippen molar-refractivity contribution in [1.29, 1.82) is 0 Å². The van der Waals surface area contributed by atoms with Crippen LogP contribution in [-0.4, -0.2) is 75.5 Å². The Labute approximate surface area is 153 Å². The summed E-state index contributed by atoms with van der Waals surface area (Å²) in [4.78, 5) is 21.2. The van der Waals surface area contributed by atoms with Gasteiger partial charge >= 0.3 is 0 Å². The zero-order valence-corrected chi connectivity index (χ0v) is 16.6. The minimum absolute atomic E-state index is 0.246. The molecule has 0 aromatic rings. The van der Waals surface area contributed by atoms with Crippen LogP contribution in [0.25, 0.3) is 0 Å². The standard InChI is InChI=1S/C19H37N5O/c1-16-7-12-24(13-8-16)14-11-21-18(20-2)22-15-19(9-5-6-10-19)17(25)23(3)4/h16H,5-15H2,1-4H3,(H2,20,21,22). The third-order valence-corrected chi connectivity index (χ3v) is 5.84. The van der Waals surface area contributed by atoms with Crippen LogP contribution in [0.1, 0.15) is 45.4 Å². The number of piperidine rings is 1. The number of carbonyl (C=O) groups is 1. The molecule has 1 aliphatic carbocycles. The highest BCUT2D eigenvalue weighted by Crippen LogP contribution is 2.38. The number of hydrogen-bond donors (Lipinski definition) is 2. The fourth-order valence-corrected chi connectivity index (χ4v) is 4.08. The maximum atomic E-state index is 12.6. The zero-order valence-electron chi connectivity index (χ0n) is 16.6. The van der Waals surface area contributed by atoms with Crippen LogP contribution in [0.15, 0.2) is 4.99 Å². The van der Waals surface area contributed by atoms with Gasteiger partial charge in [0.05, 0.1) is 5.41 Å². The molecule has 1 aliphatic heterocycles. The van der Waals surface area contributed by atoms with Crippen LogP contribution in [0.2, 0.25) is 0 Å². The van der Waals surface area contributed by atoms with E-state index in [1.807, 2.05) is 14.1 Å². The minimum Gasteiger partial charge on any atom is -0.355 e. The summed E-state index contributed by atoms with van der Waals surface area (Å²) in [6, 6.07) is 0. The fraction of sp³-hybridized carbons (Fsp3) is 0.895. The average molecular weight is 352 g/mol. The van der Waals surface area contributed by atoms with Gasteiger partial charge in [0.25, 0.3) is 0 Å². The first-order valence-electron chi connectivity index (χ1n) is 9.85. The van der Waals surface area contributed by atoms with Gasteiger partial charge in [-0.2, -0.15) is 0 Å². The summed E-state index contributed by atoms with van der Waals surface area (Å²) >= 11 is 0. The van der Waals surface area contributed by atoms with E-state index in [2.05, 4.69) is 27.4 Å². The Bertz CT molecular complexity index is 449. The Morgan fingerprint density at radius 3 is 2.40 bits per heavy atom. The number of amides is 1. The molecular formula is C19H37N5O. The summed E-state index contributed by atoms with van der Waals surface area (Å²) in [5.74, 6) is 1.93. The van der Waals surface area contributed by atoms with Gasteiger partial charge in [0, 0.05) is 40.8 Å². The van der Waals surface area contributed by atoms with Crippen LogP contribution in [0.5, 0.6) is 0 Å². The second-order valence-corrected chi connectivity index (χ2v) is 8.06. The van der Waals surface area contributed by atoms with E-state index in [0.29, 0.717) is 6.54 Å². The van der Waals surface area contributed by atoms with Gasteiger partial charge in [0.1, 0.15) is 0 Å². The predicted molar refractivity (Wildman–Crippen MR) is 104 cm³/mol. The summed E-state index contributed by atoms with van der Waals surface area (Å²) in [6.45, 7) is 7.36. The lowest BCUT2D eigenvalue weighted by molar-refractivity contribution is -0.138. The van der Waals surface area contributed by atoms with Crippen molar-refractivity contribution in [1.82, 2.24) is 20.4 Å². The number of rotatable bonds is 6. The Balaban J connectivity index is 1.76. The van der Waals surface area contributed by atoms with Crippen molar-refractivity contribution in [2.75, 3.05) is 53.9 Å². The molecule has 0 bridgehead atoms. The highest BCUT2D eigenvalue weighted by atomic mass is 16.2. The van der Waals surface area contributed by atoms with Crippen molar-refractivity contribution < 1.29 is 4.79 Å². The van der Waals surface area contributed by atoms with E-state index in [1.165, 1.54) is 25.9 Å². The number of guanidine groups is 1. The van der Waals surface area contributed by atoms with Gasteiger partial charge in [-0.3, -0.25) is 9.79 Å². The first-order valence-corrected chi connectivity index (χ1v) is 9.85. The van der Waals surface area contributed by atoms with Gasteiger partial charge in [0.2, 0.25) is 5.91 Å². The van der Waals surface area contributed by atoms with Crippen LogP contribution in [0, 0.1) is 11.3 Å². The molecule has 6 heteroatoms. The van der Waals surface area contributed by atoms with E-state index in [-0.39, 0.29) is 11.3 Å². The molecule has 1 saturated heterocycles. The largest absolute Gasteiger partial charge is 0.355 e. The van der Waals surface area contributed by atoms with Crippen LogP contribution < -0.4 is 10.6 Å². The smallest absolute Gasteiger partial charge is 0.230 e. The Hall–Kier alpha value is -1.30. The van der Waals surface area contributed by atoms with Crippen LogP contribution >= 0.6 is 0 Å². The van der Waals surface area contributed by atoms with E-state index in [1.54, 1.807) is 11.9 Å². The van der Waals surface area contributed by atoms with Crippen LogP contribution in [0.4, 0.5) is 0 Å². The molecule has 2 N–H and O–H groups in total. The van der Waals surface area contributed by atoms with Crippen LogP contribution in [0.3, 0.4) is 0 Å². The lowest BCUT2D eigenvalue weighted by Crippen LogP contribution is -2.50. The topological polar surface area (TPSA) is 60.0 Å². The number of aliphatic imine (C=N–C) groups is 1. The lowest BCUT2D eigenvalue weighted by Gasteiger charge is -2.32. The van der Waals surface area contributed by atoms with Crippen molar-refractivity contribution in [3.63, 3.8) is 0 Å². The van der Waals surface area contributed by atoms with Gasteiger partial charge < -0.3 is 20.4 Å². The highest BCUT2D eigenvalue weighted by Gasteiger charge is 2.42. The minimum atomic E-state index is -0.260. The van der Waals surface area contributed by atoms with Crippen molar-refractivity contribution in [3.8, 4) is 0 Å². The normalized spacial score (nSPS) is 22.0. The molecule has 0 unspecified atom stereocenters. The second-order valence-electron chi connectivity index (χ2n) is 8.06. The molecule has 1 saturated carbocycles. The summed E-state index contributed by atoms with van der Waals surface area (Å²) in [7, 11) is 5.51. The van der Waals surface area contributed by atoms with Gasteiger partial charge in [-0.25, -0.2) is 0 Å². The summed E-state index contributed by atoms with van der Waals surface area (Å²) in [5.41, 5.74) is -0.260. The Morgan fingerprint density at radius 2 is 1.84 bits per heavy atom. The molecule has 144 valence electrons. The monoisotopic (exact) mass is 351 g/mol. The number of likely N-dealkylation sites (tertiary alicyclic amines) is 1. The predicted octanol–water partition coefficient (Wildman–Crippen LogP) is 1.53. The molecule has 0 radical (unpaired) electrons. The highest BCUT2D eigenvalue weighted by molar-refractivity contribution is 5.85. The molecule has 0 spiro atoms. The third kappa shape index (κ3) is 5.59. The Morgan fingerprint density at radius 1 is 1.20 bits per heavy atom. The SMILES string of the molecule is CN=C(NCCN1CCC(C)CC1)NCC1(C(=O)N(C)C)CCCC1. The maximum Gasteiger partial charge on any atom is 0.230 e. The molecule has 1 heterocycles. The van der Waals surface area contributed by atoms with E-state index in [4.69, 9.17) is 0 Å². The molecule has 2 rings (SSSR count). The van der Waals surface area contributed by atoms with Crippen molar-refractivity contribution in [3.05, 3.63) is 0 Å². The Kier molecular flexibility index (Phi) is 7.54. The fourth-order valence-electron chi connectivity index (χ4n) is 4.08. The third-order valence-electron chi connectivity index (χ3n) is 5.84. The van der Waals surface area contributed by atoms with Gasteiger partial charge in [-0.15, -0.1) is 0 Å². The molecule has 2 aliphatic rings. The number of nitrogens with one attached hydrogen (secondary N) is 2. The molecule has 0 atom stereocenters. The van der Waals surface area contributed by atoms with Crippen molar-refractivity contribution in [2.24, 2.45) is 16.3 Å². The summed E-state index contributed by atoms with van der Waals surface area (Å²) in [5, 5.41) is 6.82. The quantitative estimate of drug-likeness (QED) is 0.563. The van der Waals surface area contributed by atoms with E-state index in [9.17, 15) is 4.79 Å². The molecular weight excluding hydrogens is 314 g/mol. The average Bonchev–Trinajstić information content (AvgIpc) is 3.08. The molecule has 0 aromatic heterocycles. The lowest BCUT2D eigenvalue weighted by atomic mass is 9.84. The number of hydrogen-bond acceptors (Lipinski definition) is 3. The first-order chi connectivity index (χ1) is 12.0. The summed E-state index contributed by atoms with van der Waals surface area (Å²) < 4.78 is 0. The molecule has 0 aromatic carbocycles. The molecule has 2 fully saturated rings. The summed E-state index contributed by atoms with van der Waals surface area (Å²) in [6.07, 6.45) is 6.84. The van der Waals surface area contributed by atoms with Gasteiger partial charge in [-0.1, -0.05) is 19.8 Å². The van der Waals surface area contributed by atoms with E-state index >= 15 is 0 Å². The molecule has 1 amide bonds. The van der Waals surface area contributed by atoms with E-state index in [0.717, 1.165) is 50.7 Å². The van der Waals surface area contributed by atoms with Gasteiger partial charge in [-0.05, 0) is 44.7 Å². The number of nitrogens with zero attached hydrogens (tertiary/aromatic N) is 3. The number of carbonyl (C=O) groups excluding carboxylic acids is 1. The molecule has 25 heavy (non-hydrogen) atoms. The zero-order chi connectivity index (χ0) is 18.3. The van der Waals surface area contributed by atoms with Crippen LogP contribution in [-0.2, 0) is 4.79 Å². The molecule has 6 nitrogen and oxygen atoms in total. The maximum absolute atomic E-state index is 12.6.